The summed E-state index contributed by atoms with van der Waals surface area (Å²) in [6.07, 6.45) is -0.993. The zero-order valence-corrected chi connectivity index (χ0v) is 12.6. The Morgan fingerprint density at radius 3 is 2.05 bits per heavy atom. The van der Waals surface area contributed by atoms with Gasteiger partial charge in [0.15, 0.2) is 0 Å². The fraction of sp³-hybridized carbons (Fsp3) is 0.200. The second kappa shape index (κ2) is 6.35. The highest BCUT2D eigenvalue weighted by molar-refractivity contribution is 6.42. The van der Waals surface area contributed by atoms with Gasteiger partial charge < -0.3 is 14.6 Å². The molecule has 0 aliphatic rings. The van der Waals surface area contributed by atoms with E-state index in [4.69, 9.17) is 32.7 Å². The van der Waals surface area contributed by atoms with Gasteiger partial charge in [-0.3, -0.25) is 0 Å². The number of halogens is 2. The van der Waals surface area contributed by atoms with E-state index in [2.05, 4.69) is 0 Å². The molecule has 5 heteroatoms. The van der Waals surface area contributed by atoms with E-state index >= 15 is 0 Å². The van der Waals surface area contributed by atoms with E-state index in [1.165, 1.54) is 14.2 Å². The van der Waals surface area contributed by atoms with E-state index in [1.807, 2.05) is 0 Å². The van der Waals surface area contributed by atoms with Crippen molar-refractivity contribution in [3.63, 3.8) is 0 Å². The van der Waals surface area contributed by atoms with Crippen LogP contribution in [0.1, 0.15) is 17.2 Å². The topological polar surface area (TPSA) is 38.7 Å². The van der Waals surface area contributed by atoms with Crippen molar-refractivity contribution in [3.8, 4) is 11.5 Å². The standard InChI is InChI=1S/C15H14Cl2O3/c1-19-11-7-4-8-12(20-2)13(11)15(18)9-5-3-6-10(16)14(9)17/h3-8,15,18H,1-2H3. The molecule has 0 saturated carbocycles. The Bertz CT molecular complexity index is 592. The van der Waals surface area contributed by atoms with Crippen molar-refractivity contribution in [2.45, 2.75) is 6.10 Å². The second-order valence-corrected chi connectivity index (χ2v) is 4.91. The largest absolute Gasteiger partial charge is 0.496 e. The lowest BCUT2D eigenvalue weighted by Gasteiger charge is -2.19. The fourth-order valence-corrected chi connectivity index (χ4v) is 2.45. The van der Waals surface area contributed by atoms with Gasteiger partial charge in [0.25, 0.3) is 0 Å². The molecule has 106 valence electrons. The van der Waals surface area contributed by atoms with Gasteiger partial charge in [-0.05, 0) is 18.2 Å². The molecule has 0 spiro atoms. The van der Waals surface area contributed by atoms with Crippen LogP contribution in [0.3, 0.4) is 0 Å². The Kier molecular flexibility index (Phi) is 4.76. The third kappa shape index (κ3) is 2.70. The molecule has 0 saturated heterocycles. The number of hydrogen-bond donors (Lipinski definition) is 1. The van der Waals surface area contributed by atoms with Crippen LogP contribution in [0.25, 0.3) is 0 Å². The molecule has 0 amide bonds. The Morgan fingerprint density at radius 2 is 1.50 bits per heavy atom. The molecule has 2 aromatic carbocycles. The predicted octanol–water partition coefficient (Wildman–Crippen LogP) is 4.09. The van der Waals surface area contributed by atoms with Crippen molar-refractivity contribution in [2.24, 2.45) is 0 Å². The lowest BCUT2D eigenvalue weighted by molar-refractivity contribution is 0.209. The van der Waals surface area contributed by atoms with E-state index in [1.54, 1.807) is 36.4 Å². The van der Waals surface area contributed by atoms with Crippen molar-refractivity contribution < 1.29 is 14.6 Å². The highest BCUT2D eigenvalue weighted by Gasteiger charge is 2.23. The highest BCUT2D eigenvalue weighted by Crippen LogP contribution is 2.40. The zero-order valence-electron chi connectivity index (χ0n) is 11.1. The normalized spacial score (nSPS) is 12.1. The lowest BCUT2D eigenvalue weighted by atomic mass is 9.99. The first-order chi connectivity index (χ1) is 9.60. The van der Waals surface area contributed by atoms with Gasteiger partial charge in [0.05, 0.1) is 29.8 Å². The van der Waals surface area contributed by atoms with Crippen LogP contribution >= 0.6 is 23.2 Å². The molecular formula is C15H14Cl2O3. The maximum absolute atomic E-state index is 10.6. The van der Waals surface area contributed by atoms with Crippen LogP contribution in [-0.2, 0) is 0 Å². The summed E-state index contributed by atoms with van der Waals surface area (Å²) in [6, 6.07) is 10.4. The van der Waals surface area contributed by atoms with Crippen molar-refractivity contribution in [1.82, 2.24) is 0 Å². The van der Waals surface area contributed by atoms with Crippen molar-refractivity contribution in [2.75, 3.05) is 14.2 Å². The van der Waals surface area contributed by atoms with E-state index in [9.17, 15) is 5.11 Å². The minimum Gasteiger partial charge on any atom is -0.496 e. The summed E-state index contributed by atoms with van der Waals surface area (Å²) < 4.78 is 10.6. The van der Waals surface area contributed by atoms with E-state index in [0.29, 0.717) is 32.7 Å². The van der Waals surface area contributed by atoms with Crippen LogP contribution in [0.5, 0.6) is 11.5 Å². The molecule has 0 radical (unpaired) electrons. The number of benzene rings is 2. The van der Waals surface area contributed by atoms with Crippen LogP contribution < -0.4 is 9.47 Å². The van der Waals surface area contributed by atoms with Crippen molar-refractivity contribution >= 4 is 23.2 Å². The van der Waals surface area contributed by atoms with E-state index < -0.39 is 6.10 Å². The Morgan fingerprint density at radius 1 is 0.950 bits per heavy atom. The monoisotopic (exact) mass is 312 g/mol. The van der Waals surface area contributed by atoms with Gasteiger partial charge in [0.1, 0.15) is 17.6 Å². The van der Waals surface area contributed by atoms with Crippen molar-refractivity contribution in [3.05, 3.63) is 57.6 Å². The number of rotatable bonds is 4. The van der Waals surface area contributed by atoms with Crippen LogP contribution in [0.15, 0.2) is 36.4 Å². The highest BCUT2D eigenvalue weighted by atomic mass is 35.5. The molecule has 0 heterocycles. The smallest absolute Gasteiger partial charge is 0.128 e. The van der Waals surface area contributed by atoms with Crippen LogP contribution in [0, 0.1) is 0 Å². The molecule has 1 N–H and O–H groups in total. The SMILES string of the molecule is COc1cccc(OC)c1C(O)c1cccc(Cl)c1Cl. The van der Waals surface area contributed by atoms with Gasteiger partial charge in [-0.25, -0.2) is 0 Å². The summed E-state index contributed by atoms with van der Waals surface area (Å²) in [7, 11) is 3.06. The Balaban J connectivity index is 2.58. The van der Waals surface area contributed by atoms with Crippen LogP contribution in [0.4, 0.5) is 0 Å². The van der Waals surface area contributed by atoms with Gasteiger partial charge in [0, 0.05) is 5.56 Å². The van der Waals surface area contributed by atoms with Crippen LogP contribution in [0.2, 0.25) is 10.0 Å². The first-order valence-corrected chi connectivity index (χ1v) is 6.68. The molecular weight excluding hydrogens is 299 g/mol. The summed E-state index contributed by atoms with van der Waals surface area (Å²) in [5, 5.41) is 11.3. The average molecular weight is 313 g/mol. The van der Waals surface area contributed by atoms with Gasteiger partial charge in [-0.15, -0.1) is 0 Å². The number of hydrogen-bond acceptors (Lipinski definition) is 3. The summed E-state index contributed by atoms with van der Waals surface area (Å²) >= 11 is 12.1. The summed E-state index contributed by atoms with van der Waals surface area (Å²) in [4.78, 5) is 0. The third-order valence-electron chi connectivity index (χ3n) is 3.02. The molecule has 0 fully saturated rings. The first kappa shape index (κ1) is 15.0. The molecule has 0 aliphatic carbocycles. The minimum absolute atomic E-state index is 0.314. The zero-order chi connectivity index (χ0) is 14.7. The Labute approximate surface area is 127 Å². The van der Waals surface area contributed by atoms with Gasteiger partial charge >= 0.3 is 0 Å². The number of ether oxygens (including phenoxy) is 2. The van der Waals surface area contributed by atoms with Crippen LogP contribution in [-0.4, -0.2) is 19.3 Å². The molecule has 0 aliphatic heterocycles. The van der Waals surface area contributed by atoms with Gasteiger partial charge in [-0.2, -0.15) is 0 Å². The fourth-order valence-electron chi connectivity index (χ4n) is 2.04. The van der Waals surface area contributed by atoms with Gasteiger partial charge in [-0.1, -0.05) is 41.4 Å². The summed E-state index contributed by atoms with van der Waals surface area (Å²) in [5.74, 6) is 1.04. The first-order valence-electron chi connectivity index (χ1n) is 5.93. The van der Waals surface area contributed by atoms with E-state index in [0.717, 1.165) is 0 Å². The molecule has 0 bridgehead atoms. The summed E-state index contributed by atoms with van der Waals surface area (Å²) in [6.45, 7) is 0. The second-order valence-electron chi connectivity index (χ2n) is 4.12. The molecule has 1 unspecified atom stereocenters. The number of methoxy groups -OCH3 is 2. The maximum atomic E-state index is 10.6. The third-order valence-corrected chi connectivity index (χ3v) is 3.85. The maximum Gasteiger partial charge on any atom is 0.128 e. The Hall–Kier alpha value is -1.42. The quantitative estimate of drug-likeness (QED) is 0.924. The minimum atomic E-state index is -0.993. The molecule has 2 rings (SSSR count). The van der Waals surface area contributed by atoms with Gasteiger partial charge in [0.2, 0.25) is 0 Å². The van der Waals surface area contributed by atoms with E-state index in [-0.39, 0.29) is 0 Å². The molecule has 2 aromatic rings. The molecule has 20 heavy (non-hydrogen) atoms. The average Bonchev–Trinajstić information content (AvgIpc) is 2.48. The summed E-state index contributed by atoms with van der Waals surface area (Å²) in [5.41, 5.74) is 1.02. The lowest BCUT2D eigenvalue weighted by Crippen LogP contribution is -2.05. The molecule has 1 atom stereocenters. The van der Waals surface area contributed by atoms with Crippen molar-refractivity contribution in [1.29, 1.82) is 0 Å². The predicted molar refractivity (Wildman–Crippen MR) is 80.1 cm³/mol. The molecule has 3 nitrogen and oxygen atoms in total. The molecule has 0 aromatic heterocycles. The number of aliphatic hydroxyl groups is 1. The number of aliphatic hydroxyl groups excluding tert-OH is 1.